The summed E-state index contributed by atoms with van der Waals surface area (Å²) in [5.41, 5.74) is -0.793. The first-order valence-corrected chi connectivity index (χ1v) is 5.52. The molecular weight excluding hydrogens is 237 g/mol. The highest BCUT2D eigenvalue weighted by Crippen LogP contribution is 2.30. The number of carbonyl (C=O) groups is 1. The molecule has 0 bridgehead atoms. The average molecular weight is 254 g/mol. The van der Waals surface area contributed by atoms with Crippen LogP contribution in [0.4, 0.5) is 13.2 Å². The first-order valence-electron chi connectivity index (χ1n) is 5.52. The Morgan fingerprint density at radius 2 is 2.06 bits per heavy atom. The van der Waals surface area contributed by atoms with Crippen LogP contribution in [-0.4, -0.2) is 41.9 Å². The van der Waals surface area contributed by atoms with Gasteiger partial charge < -0.3 is 15.7 Å². The van der Waals surface area contributed by atoms with Gasteiger partial charge in [0.15, 0.2) is 0 Å². The van der Waals surface area contributed by atoms with Crippen molar-refractivity contribution < 1.29 is 23.1 Å². The van der Waals surface area contributed by atoms with Crippen LogP contribution in [0.5, 0.6) is 0 Å². The summed E-state index contributed by atoms with van der Waals surface area (Å²) in [5.74, 6) is -0.717. The van der Waals surface area contributed by atoms with Gasteiger partial charge in [-0.2, -0.15) is 13.2 Å². The summed E-state index contributed by atoms with van der Waals surface area (Å²) >= 11 is 0. The van der Waals surface area contributed by atoms with Gasteiger partial charge >= 0.3 is 6.18 Å². The minimum absolute atomic E-state index is 0.230. The SMILES string of the molecule is CC(NCC1(O)CCC1)C(=O)NCC(F)(F)F. The molecule has 0 aromatic heterocycles. The van der Waals surface area contributed by atoms with Gasteiger partial charge in [-0.05, 0) is 26.2 Å². The summed E-state index contributed by atoms with van der Waals surface area (Å²) in [5, 5.41) is 14.2. The Morgan fingerprint density at radius 3 is 2.47 bits per heavy atom. The van der Waals surface area contributed by atoms with Crippen molar-refractivity contribution in [2.45, 2.75) is 44.0 Å². The average Bonchev–Trinajstić information content (AvgIpc) is 2.18. The molecule has 1 unspecified atom stereocenters. The summed E-state index contributed by atoms with van der Waals surface area (Å²) in [6.07, 6.45) is -2.14. The Bertz CT molecular complexity index is 277. The third kappa shape index (κ3) is 4.91. The van der Waals surface area contributed by atoms with Gasteiger partial charge in [-0.1, -0.05) is 0 Å². The van der Waals surface area contributed by atoms with Gasteiger partial charge in [-0.15, -0.1) is 0 Å². The topological polar surface area (TPSA) is 61.4 Å². The van der Waals surface area contributed by atoms with Crippen molar-refractivity contribution >= 4 is 5.91 Å². The second-order valence-corrected chi connectivity index (χ2v) is 4.51. The molecule has 7 heteroatoms. The second kappa shape index (κ2) is 5.22. The number of alkyl halides is 3. The molecule has 4 nitrogen and oxygen atoms in total. The van der Waals surface area contributed by atoms with E-state index in [4.69, 9.17) is 0 Å². The first-order chi connectivity index (χ1) is 7.72. The molecule has 1 fully saturated rings. The number of amides is 1. The minimum Gasteiger partial charge on any atom is -0.389 e. The lowest BCUT2D eigenvalue weighted by Crippen LogP contribution is -2.52. The Morgan fingerprint density at radius 1 is 1.47 bits per heavy atom. The van der Waals surface area contributed by atoms with Gasteiger partial charge in [0.05, 0.1) is 11.6 Å². The van der Waals surface area contributed by atoms with E-state index in [2.05, 4.69) is 5.32 Å². The Hall–Kier alpha value is -0.820. The van der Waals surface area contributed by atoms with E-state index in [0.29, 0.717) is 12.8 Å². The van der Waals surface area contributed by atoms with Crippen LogP contribution in [0.25, 0.3) is 0 Å². The smallest absolute Gasteiger partial charge is 0.389 e. The van der Waals surface area contributed by atoms with Crippen molar-refractivity contribution in [1.29, 1.82) is 0 Å². The van der Waals surface area contributed by atoms with Crippen LogP contribution in [0.2, 0.25) is 0 Å². The molecule has 0 spiro atoms. The number of nitrogens with one attached hydrogen (secondary N) is 2. The van der Waals surface area contributed by atoms with Crippen molar-refractivity contribution in [3.05, 3.63) is 0 Å². The number of halogens is 3. The van der Waals surface area contributed by atoms with Gasteiger partial charge in [0.25, 0.3) is 0 Å². The molecule has 1 amide bonds. The maximum absolute atomic E-state index is 11.8. The number of aliphatic hydroxyl groups is 1. The van der Waals surface area contributed by atoms with E-state index in [0.717, 1.165) is 6.42 Å². The second-order valence-electron chi connectivity index (χ2n) is 4.51. The molecule has 0 saturated heterocycles. The van der Waals surface area contributed by atoms with Crippen LogP contribution in [-0.2, 0) is 4.79 Å². The standard InChI is InChI=1S/C10H17F3N2O2/c1-7(8(16)15-6-10(11,12)13)14-5-9(17)3-2-4-9/h7,14,17H,2-6H2,1H3,(H,15,16). The van der Waals surface area contributed by atoms with E-state index in [9.17, 15) is 23.1 Å². The zero-order valence-electron chi connectivity index (χ0n) is 9.60. The summed E-state index contributed by atoms with van der Waals surface area (Å²) in [6, 6.07) is -0.748. The molecule has 3 N–H and O–H groups in total. The molecule has 0 aromatic rings. The van der Waals surface area contributed by atoms with Gasteiger partial charge in [0.2, 0.25) is 5.91 Å². The third-order valence-corrected chi connectivity index (χ3v) is 2.88. The molecule has 1 atom stereocenters. The molecular formula is C10H17F3N2O2. The van der Waals surface area contributed by atoms with Gasteiger partial charge in [-0.3, -0.25) is 4.79 Å². The fourth-order valence-corrected chi connectivity index (χ4v) is 1.54. The van der Waals surface area contributed by atoms with Crippen molar-refractivity contribution in [3.63, 3.8) is 0 Å². The molecule has 0 heterocycles. The van der Waals surface area contributed by atoms with Crippen LogP contribution in [0.15, 0.2) is 0 Å². The van der Waals surface area contributed by atoms with Crippen LogP contribution >= 0.6 is 0 Å². The Kier molecular flexibility index (Phi) is 4.37. The summed E-state index contributed by atoms with van der Waals surface area (Å²) < 4.78 is 35.5. The summed E-state index contributed by atoms with van der Waals surface area (Å²) in [4.78, 5) is 11.3. The van der Waals surface area contributed by atoms with Crippen molar-refractivity contribution in [3.8, 4) is 0 Å². The van der Waals surface area contributed by atoms with Gasteiger partial charge in [-0.25, -0.2) is 0 Å². The van der Waals surface area contributed by atoms with Gasteiger partial charge in [0, 0.05) is 6.54 Å². The lowest BCUT2D eigenvalue weighted by molar-refractivity contribution is -0.139. The maximum Gasteiger partial charge on any atom is 0.405 e. The van der Waals surface area contributed by atoms with E-state index in [-0.39, 0.29) is 6.54 Å². The predicted octanol–water partition coefficient (Wildman–Crippen LogP) is 0.558. The molecule has 1 aliphatic rings. The fraction of sp³-hybridized carbons (Fsp3) is 0.900. The van der Waals surface area contributed by atoms with Crippen molar-refractivity contribution in [2.24, 2.45) is 0 Å². The molecule has 100 valence electrons. The fourth-order valence-electron chi connectivity index (χ4n) is 1.54. The van der Waals surface area contributed by atoms with Crippen LogP contribution in [0.3, 0.4) is 0 Å². The summed E-state index contributed by atoms with van der Waals surface area (Å²) in [7, 11) is 0. The van der Waals surface area contributed by atoms with Crippen LogP contribution in [0.1, 0.15) is 26.2 Å². The monoisotopic (exact) mass is 254 g/mol. The predicted molar refractivity (Wildman–Crippen MR) is 55.3 cm³/mol. The van der Waals surface area contributed by atoms with E-state index in [1.54, 1.807) is 5.32 Å². The number of hydrogen-bond acceptors (Lipinski definition) is 3. The lowest BCUT2D eigenvalue weighted by atomic mass is 9.80. The van der Waals surface area contributed by atoms with Crippen LogP contribution < -0.4 is 10.6 Å². The Balaban J connectivity index is 2.22. The zero-order chi connectivity index (χ0) is 13.1. The molecule has 17 heavy (non-hydrogen) atoms. The lowest BCUT2D eigenvalue weighted by Gasteiger charge is -2.37. The van der Waals surface area contributed by atoms with Crippen molar-refractivity contribution in [1.82, 2.24) is 10.6 Å². The van der Waals surface area contributed by atoms with E-state index >= 15 is 0 Å². The largest absolute Gasteiger partial charge is 0.405 e. The zero-order valence-corrected chi connectivity index (χ0v) is 9.60. The normalized spacial score (nSPS) is 20.5. The molecule has 0 radical (unpaired) electrons. The number of rotatable bonds is 5. The molecule has 0 aliphatic heterocycles. The van der Waals surface area contributed by atoms with Gasteiger partial charge in [0.1, 0.15) is 6.54 Å². The molecule has 0 aromatic carbocycles. The quantitative estimate of drug-likeness (QED) is 0.671. The number of carbonyl (C=O) groups excluding carboxylic acids is 1. The third-order valence-electron chi connectivity index (χ3n) is 2.88. The highest BCUT2D eigenvalue weighted by molar-refractivity contribution is 5.81. The van der Waals surface area contributed by atoms with E-state index in [1.807, 2.05) is 0 Å². The number of hydrogen-bond donors (Lipinski definition) is 3. The van der Waals surface area contributed by atoms with E-state index < -0.39 is 30.3 Å². The van der Waals surface area contributed by atoms with E-state index in [1.165, 1.54) is 6.92 Å². The molecule has 1 rings (SSSR count). The summed E-state index contributed by atoms with van der Waals surface area (Å²) in [6.45, 7) is 0.365. The highest BCUT2D eigenvalue weighted by Gasteiger charge is 2.35. The Labute approximate surface area is 97.6 Å². The first kappa shape index (κ1) is 14.2. The van der Waals surface area contributed by atoms with Crippen molar-refractivity contribution in [2.75, 3.05) is 13.1 Å². The maximum atomic E-state index is 11.8. The molecule has 1 saturated carbocycles. The minimum atomic E-state index is -4.40. The molecule has 1 aliphatic carbocycles. The van der Waals surface area contributed by atoms with Crippen LogP contribution in [0, 0.1) is 0 Å². The highest BCUT2D eigenvalue weighted by atomic mass is 19.4.